The molecule has 5 aromatic rings. The summed E-state index contributed by atoms with van der Waals surface area (Å²) < 4.78 is 0. The smallest absolute Gasteiger partial charge is 0.173 e. The average Bonchev–Trinajstić information content (AvgIpc) is 3.63. The zero-order valence-corrected chi connectivity index (χ0v) is 21.2. The van der Waals surface area contributed by atoms with Crippen molar-refractivity contribution < 1.29 is 0 Å². The van der Waals surface area contributed by atoms with E-state index in [1.165, 1.54) is 0 Å². The summed E-state index contributed by atoms with van der Waals surface area (Å²) in [6, 6.07) is 20.4. The molecule has 174 valence electrons. The number of thiocarbonyl (C=S) groups is 1. The number of anilines is 2. The van der Waals surface area contributed by atoms with E-state index < -0.39 is 0 Å². The molecule has 1 aliphatic rings. The van der Waals surface area contributed by atoms with Crippen molar-refractivity contribution in [3.8, 4) is 21.1 Å². The molecule has 1 aliphatic heterocycles. The molecule has 5 heterocycles. The van der Waals surface area contributed by atoms with Crippen LogP contribution >= 0.6 is 34.9 Å². The van der Waals surface area contributed by atoms with E-state index in [4.69, 9.17) is 22.2 Å². The Labute approximate surface area is 216 Å². The summed E-state index contributed by atoms with van der Waals surface area (Å²) in [7, 11) is 0. The molecule has 1 saturated heterocycles. The van der Waals surface area contributed by atoms with Crippen LogP contribution < -0.4 is 10.2 Å². The van der Waals surface area contributed by atoms with Crippen LogP contribution in [0.4, 0.5) is 11.5 Å². The third-order valence-corrected chi connectivity index (χ3v) is 8.08. The molecular formula is C26H22N6S3. The van der Waals surface area contributed by atoms with Crippen molar-refractivity contribution in [3.63, 3.8) is 0 Å². The van der Waals surface area contributed by atoms with Crippen molar-refractivity contribution in [1.29, 1.82) is 0 Å². The highest BCUT2D eigenvalue weighted by atomic mass is 32.1. The normalized spacial score (nSPS) is 13.8. The van der Waals surface area contributed by atoms with Gasteiger partial charge in [-0.3, -0.25) is 0 Å². The van der Waals surface area contributed by atoms with Gasteiger partial charge in [-0.1, -0.05) is 18.2 Å². The Morgan fingerprint density at radius 1 is 0.800 bits per heavy atom. The van der Waals surface area contributed by atoms with Crippen LogP contribution in [0.5, 0.6) is 0 Å². The van der Waals surface area contributed by atoms with E-state index in [1.807, 2.05) is 48.7 Å². The largest absolute Gasteiger partial charge is 0.353 e. The fourth-order valence-electron chi connectivity index (χ4n) is 4.18. The van der Waals surface area contributed by atoms with Gasteiger partial charge in [-0.15, -0.1) is 22.7 Å². The van der Waals surface area contributed by atoms with Gasteiger partial charge < -0.3 is 15.1 Å². The number of hydrogen-bond acceptors (Lipinski definition) is 7. The number of rotatable bonds is 4. The Kier molecular flexibility index (Phi) is 6.12. The first kappa shape index (κ1) is 22.1. The van der Waals surface area contributed by atoms with Gasteiger partial charge in [0.2, 0.25) is 0 Å². The SMILES string of the molecule is S=C(Nc1ccc2nc(-c3cccs3)c(-c3cccs3)nc2c1)N1CCN(c2ccccn2)CC1. The van der Waals surface area contributed by atoms with Gasteiger partial charge >= 0.3 is 0 Å². The Hall–Kier alpha value is -3.40. The highest BCUT2D eigenvalue weighted by Gasteiger charge is 2.20. The number of aromatic nitrogens is 3. The molecule has 6 nitrogen and oxygen atoms in total. The van der Waals surface area contributed by atoms with Crippen molar-refractivity contribution in [2.45, 2.75) is 0 Å². The van der Waals surface area contributed by atoms with Gasteiger partial charge in [0.1, 0.15) is 17.2 Å². The van der Waals surface area contributed by atoms with E-state index in [9.17, 15) is 0 Å². The number of pyridine rings is 1. The first-order valence-corrected chi connectivity index (χ1v) is 13.5. The number of fused-ring (bicyclic) bond motifs is 1. The number of piperazine rings is 1. The predicted molar refractivity (Wildman–Crippen MR) is 150 cm³/mol. The minimum absolute atomic E-state index is 0.728. The second-order valence-electron chi connectivity index (χ2n) is 8.17. The van der Waals surface area contributed by atoms with Crippen molar-refractivity contribution in [3.05, 3.63) is 77.6 Å². The second-order valence-corrected chi connectivity index (χ2v) is 10.5. The lowest BCUT2D eigenvalue weighted by molar-refractivity contribution is 0.389. The minimum Gasteiger partial charge on any atom is -0.353 e. The van der Waals surface area contributed by atoms with E-state index in [0.29, 0.717) is 0 Å². The van der Waals surface area contributed by atoms with E-state index >= 15 is 0 Å². The fraction of sp³-hybridized carbons (Fsp3) is 0.154. The number of nitrogens with zero attached hydrogens (tertiary/aromatic N) is 5. The standard InChI is InChI=1S/C26H22N6S3/c33-26(32-13-11-31(12-14-32)23-7-1-2-10-27-23)28-18-8-9-19-20(17-18)30-25(22-6-4-16-35-22)24(29-19)21-5-3-15-34-21/h1-10,15-17H,11-14H2,(H,28,33). The monoisotopic (exact) mass is 514 g/mol. The summed E-state index contributed by atoms with van der Waals surface area (Å²) in [6.45, 7) is 3.47. The van der Waals surface area contributed by atoms with Gasteiger partial charge in [-0.2, -0.15) is 0 Å². The van der Waals surface area contributed by atoms with Crippen LogP contribution in [-0.4, -0.2) is 51.1 Å². The molecule has 9 heteroatoms. The van der Waals surface area contributed by atoms with Crippen LogP contribution in [0.2, 0.25) is 0 Å². The quantitative estimate of drug-likeness (QED) is 0.295. The third kappa shape index (κ3) is 4.62. The van der Waals surface area contributed by atoms with Gasteiger partial charge in [0, 0.05) is 38.1 Å². The van der Waals surface area contributed by atoms with E-state index in [1.54, 1.807) is 22.7 Å². The zero-order chi connectivity index (χ0) is 23.6. The molecule has 0 bridgehead atoms. The predicted octanol–water partition coefficient (Wildman–Crippen LogP) is 6.00. The van der Waals surface area contributed by atoms with Crippen LogP contribution in [0.1, 0.15) is 0 Å². The number of nitrogens with one attached hydrogen (secondary N) is 1. The molecule has 0 atom stereocenters. The Morgan fingerprint density at radius 2 is 1.51 bits per heavy atom. The Morgan fingerprint density at radius 3 is 2.14 bits per heavy atom. The van der Waals surface area contributed by atoms with E-state index in [2.05, 4.69) is 49.1 Å². The molecule has 1 aromatic carbocycles. The molecule has 6 rings (SSSR count). The molecule has 0 amide bonds. The molecule has 0 saturated carbocycles. The highest BCUT2D eigenvalue weighted by Crippen LogP contribution is 2.35. The third-order valence-electron chi connectivity index (χ3n) is 5.96. The molecule has 0 aliphatic carbocycles. The summed E-state index contributed by atoms with van der Waals surface area (Å²) >= 11 is 9.11. The maximum Gasteiger partial charge on any atom is 0.173 e. The highest BCUT2D eigenvalue weighted by molar-refractivity contribution is 7.80. The zero-order valence-electron chi connectivity index (χ0n) is 18.8. The van der Waals surface area contributed by atoms with Gasteiger partial charge in [-0.25, -0.2) is 15.0 Å². The Balaban J connectivity index is 1.22. The maximum atomic E-state index is 5.75. The second kappa shape index (κ2) is 9.69. The molecule has 0 spiro atoms. The topological polar surface area (TPSA) is 57.2 Å². The lowest BCUT2D eigenvalue weighted by Gasteiger charge is -2.36. The number of benzene rings is 1. The first-order chi connectivity index (χ1) is 17.2. The first-order valence-electron chi connectivity index (χ1n) is 11.4. The summed E-state index contributed by atoms with van der Waals surface area (Å²) in [5.74, 6) is 1.02. The molecule has 35 heavy (non-hydrogen) atoms. The van der Waals surface area contributed by atoms with Crippen LogP contribution in [0, 0.1) is 0 Å². The summed E-state index contributed by atoms with van der Waals surface area (Å²) in [5.41, 5.74) is 4.48. The van der Waals surface area contributed by atoms with Crippen LogP contribution in [0.25, 0.3) is 32.2 Å². The number of hydrogen-bond donors (Lipinski definition) is 1. The lowest BCUT2D eigenvalue weighted by atomic mass is 10.2. The lowest BCUT2D eigenvalue weighted by Crippen LogP contribution is -2.50. The summed E-state index contributed by atoms with van der Waals surface area (Å²) in [6.07, 6.45) is 1.84. The van der Waals surface area contributed by atoms with E-state index in [0.717, 1.165) is 75.0 Å². The van der Waals surface area contributed by atoms with Gasteiger partial charge in [0.15, 0.2) is 5.11 Å². The molecule has 0 radical (unpaired) electrons. The molecule has 4 aromatic heterocycles. The summed E-state index contributed by atoms with van der Waals surface area (Å²) in [4.78, 5) is 21.2. The van der Waals surface area contributed by atoms with Crippen molar-refractivity contribution in [2.75, 3.05) is 36.4 Å². The number of thiophene rings is 2. The maximum absolute atomic E-state index is 5.75. The van der Waals surface area contributed by atoms with Crippen LogP contribution in [0.15, 0.2) is 77.6 Å². The average molecular weight is 515 g/mol. The van der Waals surface area contributed by atoms with Gasteiger partial charge in [0.05, 0.1) is 20.8 Å². The molecule has 1 fully saturated rings. The summed E-state index contributed by atoms with van der Waals surface area (Å²) in [5, 5.41) is 8.29. The minimum atomic E-state index is 0.728. The van der Waals surface area contributed by atoms with E-state index in [-0.39, 0.29) is 0 Å². The van der Waals surface area contributed by atoms with Crippen molar-refractivity contribution in [2.24, 2.45) is 0 Å². The van der Waals surface area contributed by atoms with Crippen molar-refractivity contribution >= 4 is 62.5 Å². The Bertz CT molecular complexity index is 1440. The molecule has 1 N–H and O–H groups in total. The van der Waals surface area contributed by atoms with Crippen LogP contribution in [-0.2, 0) is 0 Å². The van der Waals surface area contributed by atoms with Gasteiger partial charge in [-0.05, 0) is 65.4 Å². The van der Waals surface area contributed by atoms with Crippen LogP contribution in [0.3, 0.4) is 0 Å². The van der Waals surface area contributed by atoms with Crippen molar-refractivity contribution in [1.82, 2.24) is 19.9 Å². The molecule has 0 unspecified atom stereocenters. The molecular weight excluding hydrogens is 493 g/mol. The van der Waals surface area contributed by atoms with Gasteiger partial charge in [0.25, 0.3) is 0 Å². The fourth-order valence-corrected chi connectivity index (χ4v) is 5.91.